The molecule has 0 saturated carbocycles. The molecule has 0 fully saturated rings. The summed E-state index contributed by atoms with van der Waals surface area (Å²) >= 11 is 5.95. The van der Waals surface area contributed by atoms with E-state index in [1.807, 2.05) is 89.2 Å². The summed E-state index contributed by atoms with van der Waals surface area (Å²) in [5, 5.41) is 11.3. The molecular weight excluding hydrogens is 520 g/mol. The second kappa shape index (κ2) is 21.9. The quantitative estimate of drug-likeness (QED) is 0.0584. The van der Waals surface area contributed by atoms with Crippen LogP contribution in [0.5, 0.6) is 0 Å². The molecule has 0 atom stereocenters. The predicted octanol–water partition coefficient (Wildman–Crippen LogP) is 3.95. The van der Waals surface area contributed by atoms with Crippen molar-refractivity contribution in [1.82, 2.24) is 11.0 Å². The lowest BCUT2D eigenvalue weighted by Crippen LogP contribution is -2.32. The molecule has 0 aliphatic carbocycles. The number of nitrogens with two attached hydrogens (primary N) is 3. The van der Waals surface area contributed by atoms with E-state index in [0.29, 0.717) is 18.2 Å². The van der Waals surface area contributed by atoms with Crippen LogP contribution in [0, 0.1) is 6.92 Å². The van der Waals surface area contributed by atoms with Gasteiger partial charge in [0.1, 0.15) is 6.29 Å². The largest absolute Gasteiger partial charge is 0.367 e. The van der Waals surface area contributed by atoms with E-state index in [-0.39, 0.29) is 11.9 Å². The number of benzene rings is 2. The molecular formula is C27H39ClN8O3. The summed E-state index contributed by atoms with van der Waals surface area (Å²) in [5.41, 5.74) is 20.4. The smallest absolute Gasteiger partial charge is 0.237 e. The van der Waals surface area contributed by atoms with Gasteiger partial charge < -0.3 is 17.3 Å². The van der Waals surface area contributed by atoms with Gasteiger partial charge in [0, 0.05) is 16.1 Å². The number of aldehydes is 1. The zero-order valence-electron chi connectivity index (χ0n) is 23.0. The molecule has 0 radical (unpaired) electrons. The van der Waals surface area contributed by atoms with Crippen molar-refractivity contribution in [3.8, 4) is 0 Å². The molecule has 2 aromatic rings. The van der Waals surface area contributed by atoms with Crippen molar-refractivity contribution in [2.45, 2.75) is 34.6 Å². The van der Waals surface area contributed by atoms with Gasteiger partial charge in [-0.2, -0.15) is 5.10 Å². The third kappa shape index (κ3) is 19.6. The summed E-state index contributed by atoms with van der Waals surface area (Å²) in [6, 6.07) is 14.8. The predicted molar refractivity (Wildman–Crippen MR) is 160 cm³/mol. The normalized spacial score (nSPS) is 10.8. The maximum atomic E-state index is 10.2. The Morgan fingerprint density at radius 1 is 0.872 bits per heavy atom. The number of guanidine groups is 2. The van der Waals surface area contributed by atoms with Crippen LogP contribution in [0.25, 0.3) is 0 Å². The first-order chi connectivity index (χ1) is 18.6. The summed E-state index contributed by atoms with van der Waals surface area (Å²) in [7, 11) is 0. The second-order valence-electron chi connectivity index (χ2n) is 8.13. The number of carbonyl (C=O) groups excluding carboxylic acids is 1. The summed E-state index contributed by atoms with van der Waals surface area (Å²) in [6.45, 7) is 10.7. The number of aryl methyl sites for hydroxylation is 1. The van der Waals surface area contributed by atoms with Crippen LogP contribution in [-0.4, -0.2) is 37.6 Å². The Morgan fingerprint density at radius 3 is 1.85 bits per heavy atom. The van der Waals surface area contributed by atoms with Gasteiger partial charge in [-0.25, -0.2) is 11.0 Å². The second-order valence-corrected chi connectivity index (χ2v) is 8.54. The number of carbonyl (C=O) groups is 1. The summed E-state index contributed by atoms with van der Waals surface area (Å²) in [5.74, 6) is 4.96. The van der Waals surface area contributed by atoms with Crippen molar-refractivity contribution in [1.29, 1.82) is 0 Å². The zero-order valence-corrected chi connectivity index (χ0v) is 23.8. The van der Waals surface area contributed by atoms with Gasteiger partial charge in [0.15, 0.2) is 0 Å². The number of halogens is 1. The lowest BCUT2D eigenvalue weighted by molar-refractivity contribution is 0.109. The standard InChI is InChI=1S/C13H17ClN4O.C8H8O.C6H14N4O/c1-10(2)7-8-19-18-13(15)17-16-9-11-5-3-4-6-12(11)14;1-7-4-2-3-5-8(7)6-9;1-5(2)3-4-11-10-6(7)9-8/h3-7,9H,8H2,1-2H3,(H3,15,17,18);2-6H,1H3;3H,4,8H2,1-2H3,(H3,7,9,10)/b16-9+;;. The van der Waals surface area contributed by atoms with Crippen LogP contribution in [0.2, 0.25) is 5.02 Å². The van der Waals surface area contributed by atoms with Gasteiger partial charge >= 0.3 is 0 Å². The minimum absolute atomic E-state index is 0.0622. The Bertz CT molecular complexity index is 1140. The van der Waals surface area contributed by atoms with Crippen LogP contribution in [0.1, 0.15) is 49.2 Å². The van der Waals surface area contributed by atoms with Gasteiger partial charge in [-0.15, -0.1) is 10.2 Å². The average molecular weight is 559 g/mol. The van der Waals surface area contributed by atoms with Crippen LogP contribution in [-0.2, 0) is 9.68 Å². The molecule has 0 saturated heterocycles. The van der Waals surface area contributed by atoms with Crippen molar-refractivity contribution >= 4 is 36.0 Å². The summed E-state index contributed by atoms with van der Waals surface area (Å²) < 4.78 is 0. The monoisotopic (exact) mass is 558 g/mol. The molecule has 0 unspecified atom stereocenters. The maximum Gasteiger partial charge on any atom is 0.237 e. The van der Waals surface area contributed by atoms with Gasteiger partial charge in [0.25, 0.3) is 0 Å². The summed E-state index contributed by atoms with van der Waals surface area (Å²) in [6.07, 6.45) is 6.20. The first-order valence-corrected chi connectivity index (χ1v) is 12.2. The van der Waals surface area contributed by atoms with Gasteiger partial charge in [-0.05, 0) is 46.2 Å². The molecule has 0 spiro atoms. The number of nitrogens with one attached hydrogen (secondary N) is 2. The molecule has 0 heterocycles. The number of hydrogen-bond acceptors (Lipinski definition) is 7. The molecule has 39 heavy (non-hydrogen) atoms. The molecule has 0 amide bonds. The fourth-order valence-corrected chi connectivity index (χ4v) is 2.33. The molecule has 2 aromatic carbocycles. The highest BCUT2D eigenvalue weighted by atomic mass is 35.5. The van der Waals surface area contributed by atoms with Crippen molar-refractivity contribution in [2.24, 2.45) is 32.6 Å². The Balaban J connectivity index is 0.000000611. The van der Waals surface area contributed by atoms with E-state index in [4.69, 9.17) is 38.6 Å². The number of allylic oxidation sites excluding steroid dienone is 2. The van der Waals surface area contributed by atoms with E-state index < -0.39 is 0 Å². The molecule has 0 aliphatic heterocycles. The van der Waals surface area contributed by atoms with Crippen molar-refractivity contribution in [3.05, 3.63) is 93.5 Å². The number of hydrazone groups is 1. The first-order valence-electron chi connectivity index (χ1n) is 11.8. The summed E-state index contributed by atoms with van der Waals surface area (Å²) in [4.78, 5) is 20.1. The molecule has 2 rings (SSSR count). The van der Waals surface area contributed by atoms with Crippen molar-refractivity contribution < 1.29 is 14.5 Å². The average Bonchev–Trinajstić information content (AvgIpc) is 2.91. The topological polar surface area (TPSA) is 175 Å². The molecule has 0 aromatic heterocycles. The minimum Gasteiger partial charge on any atom is -0.367 e. The Kier molecular flexibility index (Phi) is 19.5. The number of rotatable bonds is 9. The van der Waals surface area contributed by atoms with Crippen LogP contribution in [0.3, 0.4) is 0 Å². The third-order valence-corrected chi connectivity index (χ3v) is 4.57. The molecule has 11 nitrogen and oxygen atoms in total. The lowest BCUT2D eigenvalue weighted by atomic mass is 10.1. The minimum atomic E-state index is 0.0622. The van der Waals surface area contributed by atoms with E-state index >= 15 is 0 Å². The fourth-order valence-electron chi connectivity index (χ4n) is 2.15. The number of hydroxylamine groups is 2. The van der Waals surface area contributed by atoms with Gasteiger partial charge in [0.2, 0.25) is 11.9 Å². The van der Waals surface area contributed by atoms with E-state index in [0.717, 1.165) is 28.5 Å². The van der Waals surface area contributed by atoms with Crippen LogP contribution in [0.15, 0.2) is 87.1 Å². The number of nitrogens with zero attached hydrogens (tertiary/aromatic N) is 3. The van der Waals surface area contributed by atoms with Crippen molar-refractivity contribution in [2.75, 3.05) is 13.2 Å². The highest BCUT2D eigenvalue weighted by molar-refractivity contribution is 6.33. The van der Waals surface area contributed by atoms with E-state index in [1.165, 1.54) is 11.8 Å². The van der Waals surface area contributed by atoms with Gasteiger partial charge in [0.05, 0.1) is 19.4 Å². The van der Waals surface area contributed by atoms with Crippen LogP contribution < -0.4 is 28.3 Å². The highest BCUT2D eigenvalue weighted by Crippen LogP contribution is 2.12. The molecule has 8 N–H and O–H groups in total. The fraction of sp³-hybridized carbons (Fsp3) is 0.259. The van der Waals surface area contributed by atoms with Crippen LogP contribution in [0.4, 0.5) is 0 Å². The third-order valence-electron chi connectivity index (χ3n) is 4.23. The Labute approximate surface area is 235 Å². The van der Waals surface area contributed by atoms with Crippen molar-refractivity contribution in [3.63, 3.8) is 0 Å². The Hall–Kier alpha value is -4.19. The Morgan fingerprint density at radius 2 is 1.38 bits per heavy atom. The maximum absolute atomic E-state index is 10.2. The van der Waals surface area contributed by atoms with Gasteiger partial charge in [-0.1, -0.05) is 77.4 Å². The van der Waals surface area contributed by atoms with E-state index in [2.05, 4.69) is 26.3 Å². The molecule has 212 valence electrons. The molecule has 0 bridgehead atoms. The number of hydrogen-bond donors (Lipinski definition) is 5. The first kappa shape index (κ1) is 34.8. The lowest BCUT2D eigenvalue weighted by Gasteiger charge is -2.02. The highest BCUT2D eigenvalue weighted by Gasteiger charge is 1.94. The van der Waals surface area contributed by atoms with Gasteiger partial charge in [-0.3, -0.25) is 14.5 Å². The zero-order chi connectivity index (χ0) is 29.5. The van der Waals surface area contributed by atoms with E-state index in [1.54, 1.807) is 6.07 Å². The van der Waals surface area contributed by atoms with E-state index in [9.17, 15) is 4.79 Å². The molecule has 12 heteroatoms. The molecule has 0 aliphatic rings. The SMILES string of the molecule is CC(C)=CCONC(N)=N/N=C/c1ccccc1Cl.CC(C)=CCONC(N)=NN.Cc1ccccc1C=O. The van der Waals surface area contributed by atoms with Crippen LogP contribution >= 0.6 is 11.6 Å².